The smallest absolute Gasteiger partial charge is 0.221 e. The molecule has 0 saturated carbocycles. The summed E-state index contributed by atoms with van der Waals surface area (Å²) >= 11 is 0. The van der Waals surface area contributed by atoms with Crippen LogP contribution in [0.25, 0.3) is 0 Å². The van der Waals surface area contributed by atoms with Crippen molar-refractivity contribution in [3.63, 3.8) is 0 Å². The van der Waals surface area contributed by atoms with E-state index in [9.17, 15) is 4.79 Å². The maximum Gasteiger partial charge on any atom is 0.221 e. The summed E-state index contributed by atoms with van der Waals surface area (Å²) in [5.74, 6) is 0.0226. The van der Waals surface area contributed by atoms with Crippen LogP contribution in [0.1, 0.15) is 40.5 Å². The van der Waals surface area contributed by atoms with Crippen LogP contribution >= 0.6 is 0 Å². The largest absolute Gasteiger partial charge is 0.351 e. The van der Waals surface area contributed by atoms with E-state index in [2.05, 4.69) is 31.1 Å². The summed E-state index contributed by atoms with van der Waals surface area (Å²) in [5.41, 5.74) is 5.80. The van der Waals surface area contributed by atoms with E-state index < -0.39 is 0 Å². The normalized spacial score (nSPS) is 15.0. The van der Waals surface area contributed by atoms with Crippen molar-refractivity contribution >= 4 is 5.91 Å². The lowest BCUT2D eigenvalue weighted by molar-refractivity contribution is -0.123. The van der Waals surface area contributed by atoms with E-state index >= 15 is 0 Å². The van der Waals surface area contributed by atoms with Gasteiger partial charge in [0.1, 0.15) is 0 Å². The van der Waals surface area contributed by atoms with Gasteiger partial charge in [0.25, 0.3) is 0 Å². The van der Waals surface area contributed by atoms with Crippen molar-refractivity contribution in [1.82, 2.24) is 14.9 Å². The van der Waals surface area contributed by atoms with E-state index in [-0.39, 0.29) is 23.4 Å². The Morgan fingerprint density at radius 1 is 1.47 bits per heavy atom. The summed E-state index contributed by atoms with van der Waals surface area (Å²) in [6.07, 6.45) is 6.61. The molecule has 108 valence electrons. The third-order valence-electron chi connectivity index (χ3n) is 3.31. The summed E-state index contributed by atoms with van der Waals surface area (Å²) in [6.45, 7) is 9.07. The molecule has 0 aliphatic rings. The highest BCUT2D eigenvalue weighted by atomic mass is 16.1. The minimum absolute atomic E-state index is 0.0176. The van der Waals surface area contributed by atoms with E-state index in [1.54, 1.807) is 12.5 Å². The Bertz CT molecular complexity index is 381. The minimum atomic E-state index is -0.0612. The zero-order chi connectivity index (χ0) is 14.5. The molecule has 5 nitrogen and oxygen atoms in total. The molecule has 19 heavy (non-hydrogen) atoms. The van der Waals surface area contributed by atoms with Gasteiger partial charge >= 0.3 is 0 Å². The maximum atomic E-state index is 12.0. The lowest BCUT2D eigenvalue weighted by Crippen LogP contribution is -2.47. The van der Waals surface area contributed by atoms with Crippen molar-refractivity contribution in [2.75, 3.05) is 0 Å². The second-order valence-corrected chi connectivity index (χ2v) is 6.12. The van der Waals surface area contributed by atoms with Crippen LogP contribution in [0.3, 0.4) is 0 Å². The Labute approximate surface area is 115 Å². The molecule has 2 atom stereocenters. The van der Waals surface area contributed by atoms with Gasteiger partial charge in [-0.15, -0.1) is 0 Å². The fourth-order valence-corrected chi connectivity index (χ4v) is 1.78. The van der Waals surface area contributed by atoms with Gasteiger partial charge in [-0.1, -0.05) is 27.7 Å². The molecular weight excluding hydrogens is 240 g/mol. The van der Waals surface area contributed by atoms with E-state index in [0.29, 0.717) is 6.42 Å². The molecular formula is C14H26N4O. The molecule has 1 aromatic rings. The predicted molar refractivity (Wildman–Crippen MR) is 76.5 cm³/mol. The van der Waals surface area contributed by atoms with Crippen LogP contribution in [0.15, 0.2) is 18.7 Å². The van der Waals surface area contributed by atoms with E-state index in [1.807, 2.05) is 17.7 Å². The van der Waals surface area contributed by atoms with Crippen molar-refractivity contribution in [3.8, 4) is 0 Å². The molecule has 1 heterocycles. The zero-order valence-electron chi connectivity index (χ0n) is 12.4. The number of hydrogen-bond donors (Lipinski definition) is 2. The molecule has 0 aromatic carbocycles. The number of nitrogens with one attached hydrogen (secondary N) is 1. The fourth-order valence-electron chi connectivity index (χ4n) is 1.78. The molecule has 0 spiro atoms. The Balaban J connectivity index is 2.63. The monoisotopic (exact) mass is 266 g/mol. The average Bonchev–Trinajstić information content (AvgIpc) is 2.79. The van der Waals surface area contributed by atoms with Crippen molar-refractivity contribution in [1.29, 1.82) is 0 Å². The van der Waals surface area contributed by atoms with Crippen LogP contribution in [-0.2, 0) is 11.3 Å². The third-order valence-corrected chi connectivity index (χ3v) is 3.31. The highest BCUT2D eigenvalue weighted by Crippen LogP contribution is 2.21. The number of carbonyl (C=O) groups is 1. The number of carbonyl (C=O) groups excluding carboxylic acids is 1. The first kappa shape index (κ1) is 15.7. The number of rotatable bonds is 6. The molecule has 0 aliphatic heterocycles. The van der Waals surface area contributed by atoms with Crippen LogP contribution in [0.5, 0.6) is 0 Å². The Morgan fingerprint density at radius 3 is 2.63 bits per heavy atom. The van der Waals surface area contributed by atoms with Crippen LogP contribution in [0, 0.1) is 5.41 Å². The molecule has 0 radical (unpaired) electrons. The molecule has 0 aliphatic carbocycles. The van der Waals surface area contributed by atoms with E-state index in [0.717, 1.165) is 13.0 Å². The molecule has 2 unspecified atom stereocenters. The van der Waals surface area contributed by atoms with Crippen LogP contribution < -0.4 is 11.1 Å². The second kappa shape index (κ2) is 6.70. The number of imidazole rings is 1. The zero-order valence-corrected chi connectivity index (χ0v) is 12.4. The highest BCUT2D eigenvalue weighted by Gasteiger charge is 2.26. The number of hydrogen-bond acceptors (Lipinski definition) is 3. The molecule has 0 bridgehead atoms. The quantitative estimate of drug-likeness (QED) is 0.820. The van der Waals surface area contributed by atoms with Gasteiger partial charge in [0.2, 0.25) is 5.91 Å². The number of amides is 1. The van der Waals surface area contributed by atoms with Crippen molar-refractivity contribution in [2.24, 2.45) is 11.1 Å². The average molecular weight is 266 g/mol. The van der Waals surface area contributed by atoms with Crippen LogP contribution in [0.4, 0.5) is 0 Å². The van der Waals surface area contributed by atoms with Gasteiger partial charge in [0, 0.05) is 31.4 Å². The number of nitrogens with two attached hydrogens (primary N) is 1. The lowest BCUT2D eigenvalue weighted by atomic mass is 9.86. The van der Waals surface area contributed by atoms with Gasteiger partial charge in [-0.2, -0.15) is 0 Å². The highest BCUT2D eigenvalue weighted by molar-refractivity contribution is 5.76. The molecule has 0 fully saturated rings. The number of aromatic nitrogens is 2. The molecule has 0 saturated heterocycles. The first-order chi connectivity index (χ1) is 8.82. The summed E-state index contributed by atoms with van der Waals surface area (Å²) in [5, 5.41) is 3.09. The topological polar surface area (TPSA) is 72.9 Å². The Kier molecular flexibility index (Phi) is 5.54. The van der Waals surface area contributed by atoms with Crippen LogP contribution in [-0.4, -0.2) is 27.5 Å². The SMILES string of the molecule is CCC(N)CC(=O)NC(Cn1ccnc1)C(C)(C)C. The van der Waals surface area contributed by atoms with Crippen molar-refractivity contribution < 1.29 is 4.79 Å². The Hall–Kier alpha value is -1.36. The van der Waals surface area contributed by atoms with Gasteiger partial charge < -0.3 is 15.6 Å². The van der Waals surface area contributed by atoms with Gasteiger partial charge in [-0.25, -0.2) is 4.98 Å². The van der Waals surface area contributed by atoms with Crippen molar-refractivity contribution in [3.05, 3.63) is 18.7 Å². The lowest BCUT2D eigenvalue weighted by Gasteiger charge is -2.32. The van der Waals surface area contributed by atoms with Crippen molar-refractivity contribution in [2.45, 2.75) is 59.2 Å². The molecule has 1 rings (SSSR count). The van der Waals surface area contributed by atoms with Gasteiger partial charge in [-0.3, -0.25) is 4.79 Å². The predicted octanol–water partition coefficient (Wildman–Crippen LogP) is 1.54. The van der Waals surface area contributed by atoms with Gasteiger partial charge in [0.05, 0.1) is 12.4 Å². The Morgan fingerprint density at radius 2 is 2.16 bits per heavy atom. The summed E-state index contributed by atoms with van der Waals surface area (Å²) in [6, 6.07) is -0.00730. The van der Waals surface area contributed by atoms with E-state index in [4.69, 9.17) is 5.73 Å². The van der Waals surface area contributed by atoms with E-state index in [1.165, 1.54) is 0 Å². The second-order valence-electron chi connectivity index (χ2n) is 6.12. The van der Waals surface area contributed by atoms with Crippen LogP contribution in [0.2, 0.25) is 0 Å². The van der Waals surface area contributed by atoms with Gasteiger partial charge in [-0.05, 0) is 11.8 Å². The number of nitrogens with zero attached hydrogens (tertiary/aromatic N) is 2. The maximum absolute atomic E-state index is 12.0. The first-order valence-electron chi connectivity index (χ1n) is 6.83. The summed E-state index contributed by atoms with van der Waals surface area (Å²) in [7, 11) is 0. The standard InChI is InChI=1S/C14H26N4O/c1-5-11(15)8-13(19)17-12(14(2,3)4)9-18-7-6-16-10-18/h6-7,10-12H,5,8-9,15H2,1-4H3,(H,17,19). The third kappa shape index (κ3) is 5.42. The minimum Gasteiger partial charge on any atom is -0.351 e. The summed E-state index contributed by atoms with van der Waals surface area (Å²) < 4.78 is 1.98. The molecule has 5 heteroatoms. The summed E-state index contributed by atoms with van der Waals surface area (Å²) in [4.78, 5) is 16.0. The first-order valence-corrected chi connectivity index (χ1v) is 6.83. The molecule has 1 amide bonds. The molecule has 3 N–H and O–H groups in total. The molecule has 1 aromatic heterocycles. The van der Waals surface area contributed by atoms with Gasteiger partial charge in [0.15, 0.2) is 0 Å². The fraction of sp³-hybridized carbons (Fsp3) is 0.714.